The zero-order valence-electron chi connectivity index (χ0n) is 14.4. The molecule has 1 aliphatic rings. The summed E-state index contributed by atoms with van der Waals surface area (Å²) in [6.45, 7) is 6.98. The third kappa shape index (κ3) is 3.54. The molecule has 1 fully saturated rings. The second kappa shape index (κ2) is 6.30. The van der Waals surface area contributed by atoms with E-state index in [1.54, 1.807) is 30.6 Å². The third-order valence-corrected chi connectivity index (χ3v) is 3.84. The van der Waals surface area contributed by atoms with Crippen molar-refractivity contribution in [2.45, 2.75) is 26.4 Å². The van der Waals surface area contributed by atoms with Gasteiger partial charge in [-0.25, -0.2) is 19.2 Å². The van der Waals surface area contributed by atoms with E-state index in [0.29, 0.717) is 26.2 Å². The highest BCUT2D eigenvalue weighted by molar-refractivity contribution is 5.80. The predicted molar refractivity (Wildman–Crippen MR) is 90.1 cm³/mol. The van der Waals surface area contributed by atoms with E-state index in [1.807, 2.05) is 0 Å². The lowest BCUT2D eigenvalue weighted by atomic mass is 10.2. The summed E-state index contributed by atoms with van der Waals surface area (Å²) >= 11 is 0. The van der Waals surface area contributed by atoms with E-state index in [1.165, 1.54) is 12.5 Å². The summed E-state index contributed by atoms with van der Waals surface area (Å²) in [4.78, 5) is 37.6. The Morgan fingerprint density at radius 1 is 1.24 bits per heavy atom. The molecule has 134 valence electrons. The molecule has 0 aromatic carbocycles. The molecular formula is C16H20FN5O3. The van der Waals surface area contributed by atoms with Crippen molar-refractivity contribution in [1.29, 1.82) is 0 Å². The number of nitrogens with one attached hydrogen (secondary N) is 1. The molecule has 1 N–H and O–H groups in total. The Morgan fingerprint density at radius 3 is 2.56 bits per heavy atom. The van der Waals surface area contributed by atoms with Gasteiger partial charge in [-0.05, 0) is 20.8 Å². The van der Waals surface area contributed by atoms with Gasteiger partial charge >= 0.3 is 6.09 Å². The lowest BCUT2D eigenvalue weighted by Crippen LogP contribution is -2.50. The molecular weight excluding hydrogens is 329 g/mol. The Hall–Kier alpha value is -2.71. The largest absolute Gasteiger partial charge is 0.444 e. The van der Waals surface area contributed by atoms with Gasteiger partial charge in [0.25, 0.3) is 5.56 Å². The zero-order chi connectivity index (χ0) is 18.2. The summed E-state index contributed by atoms with van der Waals surface area (Å²) in [5.41, 5.74) is -0.898. The van der Waals surface area contributed by atoms with Crippen LogP contribution in [0.5, 0.6) is 0 Å². The SMILES string of the molecule is CC(C)(C)OC(=O)N1CCN(c2ncc3nc[nH]c(=O)c3c2F)CC1. The molecule has 3 heterocycles. The van der Waals surface area contributed by atoms with E-state index in [-0.39, 0.29) is 22.8 Å². The number of piperazine rings is 1. The maximum Gasteiger partial charge on any atom is 0.410 e. The second-order valence-corrected chi connectivity index (χ2v) is 6.84. The first-order valence-electron chi connectivity index (χ1n) is 8.01. The number of aromatic nitrogens is 3. The molecule has 1 amide bonds. The van der Waals surface area contributed by atoms with E-state index in [4.69, 9.17) is 4.74 Å². The van der Waals surface area contributed by atoms with Crippen molar-refractivity contribution in [3.05, 3.63) is 28.7 Å². The van der Waals surface area contributed by atoms with Crippen LogP contribution in [0.2, 0.25) is 0 Å². The number of H-pyrrole nitrogens is 1. The van der Waals surface area contributed by atoms with Gasteiger partial charge in [0.15, 0.2) is 11.6 Å². The summed E-state index contributed by atoms with van der Waals surface area (Å²) in [6, 6.07) is 0. The van der Waals surface area contributed by atoms with Crippen LogP contribution in [0.4, 0.5) is 15.0 Å². The molecule has 25 heavy (non-hydrogen) atoms. The maximum absolute atomic E-state index is 14.7. The van der Waals surface area contributed by atoms with E-state index < -0.39 is 17.0 Å². The highest BCUT2D eigenvalue weighted by Gasteiger charge is 2.28. The molecule has 1 saturated heterocycles. The van der Waals surface area contributed by atoms with Gasteiger partial charge in [0.2, 0.25) is 0 Å². The number of pyridine rings is 1. The minimum Gasteiger partial charge on any atom is -0.444 e. The highest BCUT2D eigenvalue weighted by atomic mass is 19.1. The Labute approximate surface area is 143 Å². The van der Waals surface area contributed by atoms with Gasteiger partial charge in [0, 0.05) is 26.2 Å². The standard InChI is InChI=1S/C16H20FN5O3/c1-16(2,3)25-15(24)22-6-4-21(5-7-22)13-12(17)11-10(8-18-13)19-9-20-14(11)23/h8-9H,4-7H2,1-3H3,(H,19,20,23). The van der Waals surface area contributed by atoms with Crippen molar-refractivity contribution in [2.24, 2.45) is 0 Å². The van der Waals surface area contributed by atoms with Crippen LogP contribution in [0.25, 0.3) is 10.9 Å². The maximum atomic E-state index is 14.7. The van der Waals surface area contributed by atoms with Gasteiger partial charge in [-0.2, -0.15) is 0 Å². The first-order valence-corrected chi connectivity index (χ1v) is 8.01. The minimum atomic E-state index is -0.697. The highest BCUT2D eigenvalue weighted by Crippen LogP contribution is 2.23. The van der Waals surface area contributed by atoms with E-state index in [9.17, 15) is 14.0 Å². The van der Waals surface area contributed by atoms with Crippen molar-refractivity contribution < 1.29 is 13.9 Å². The molecule has 3 rings (SSSR count). The number of rotatable bonds is 1. The van der Waals surface area contributed by atoms with Crippen LogP contribution in [0.15, 0.2) is 17.3 Å². The number of ether oxygens (including phenoxy) is 1. The topological polar surface area (TPSA) is 91.4 Å². The fourth-order valence-corrected chi connectivity index (χ4v) is 2.66. The predicted octanol–water partition coefficient (Wildman–Crippen LogP) is 1.51. The average Bonchev–Trinajstić information content (AvgIpc) is 2.54. The van der Waals surface area contributed by atoms with Crippen molar-refractivity contribution in [3.63, 3.8) is 0 Å². The molecule has 0 spiro atoms. The lowest BCUT2D eigenvalue weighted by molar-refractivity contribution is 0.0240. The number of carbonyl (C=O) groups is 1. The van der Waals surface area contributed by atoms with Gasteiger partial charge in [0.05, 0.1) is 18.0 Å². The van der Waals surface area contributed by atoms with Gasteiger partial charge < -0.3 is 19.5 Å². The van der Waals surface area contributed by atoms with Crippen LogP contribution in [-0.4, -0.2) is 57.7 Å². The van der Waals surface area contributed by atoms with Crippen LogP contribution in [0.3, 0.4) is 0 Å². The molecule has 1 aliphatic heterocycles. The molecule has 2 aromatic heterocycles. The van der Waals surface area contributed by atoms with Gasteiger partial charge in [-0.15, -0.1) is 0 Å². The number of hydrogen-bond donors (Lipinski definition) is 1. The minimum absolute atomic E-state index is 0.0924. The fourth-order valence-electron chi connectivity index (χ4n) is 2.66. The molecule has 0 bridgehead atoms. The van der Waals surface area contributed by atoms with Crippen LogP contribution in [-0.2, 0) is 4.74 Å². The van der Waals surface area contributed by atoms with Crippen molar-refractivity contribution in [2.75, 3.05) is 31.1 Å². The number of nitrogens with zero attached hydrogens (tertiary/aromatic N) is 4. The number of amides is 1. The second-order valence-electron chi connectivity index (χ2n) is 6.84. The summed E-state index contributed by atoms with van der Waals surface area (Å²) in [7, 11) is 0. The van der Waals surface area contributed by atoms with Crippen molar-refractivity contribution in [1.82, 2.24) is 19.9 Å². The molecule has 0 radical (unpaired) electrons. The fraction of sp³-hybridized carbons (Fsp3) is 0.500. The molecule has 0 aliphatic carbocycles. The first kappa shape index (κ1) is 17.1. The number of hydrogen-bond acceptors (Lipinski definition) is 6. The number of halogens is 1. The van der Waals surface area contributed by atoms with Gasteiger partial charge in [-0.3, -0.25) is 4.79 Å². The summed E-state index contributed by atoms with van der Waals surface area (Å²) in [6.07, 6.45) is 2.20. The molecule has 9 heteroatoms. The molecule has 0 unspecified atom stereocenters. The Morgan fingerprint density at radius 2 is 1.92 bits per heavy atom. The molecule has 0 saturated carbocycles. The zero-order valence-corrected chi connectivity index (χ0v) is 14.4. The Bertz CT molecular complexity index is 853. The Balaban J connectivity index is 1.77. The lowest BCUT2D eigenvalue weighted by Gasteiger charge is -2.36. The van der Waals surface area contributed by atoms with Crippen molar-refractivity contribution in [3.8, 4) is 0 Å². The molecule has 0 atom stereocenters. The van der Waals surface area contributed by atoms with E-state index in [2.05, 4.69) is 15.0 Å². The number of aromatic amines is 1. The molecule has 8 nitrogen and oxygen atoms in total. The van der Waals surface area contributed by atoms with Crippen molar-refractivity contribution >= 4 is 22.8 Å². The van der Waals surface area contributed by atoms with Crippen LogP contribution in [0, 0.1) is 5.82 Å². The summed E-state index contributed by atoms with van der Waals surface area (Å²) < 4.78 is 20.1. The number of anilines is 1. The monoisotopic (exact) mass is 349 g/mol. The smallest absolute Gasteiger partial charge is 0.410 e. The summed E-state index contributed by atoms with van der Waals surface area (Å²) in [5, 5.41) is -0.109. The number of carbonyl (C=O) groups excluding carboxylic acids is 1. The van der Waals surface area contributed by atoms with E-state index in [0.717, 1.165) is 0 Å². The van der Waals surface area contributed by atoms with Crippen LogP contribution in [0.1, 0.15) is 20.8 Å². The number of fused-ring (bicyclic) bond motifs is 1. The van der Waals surface area contributed by atoms with Crippen LogP contribution < -0.4 is 10.5 Å². The van der Waals surface area contributed by atoms with Gasteiger partial charge in [0.1, 0.15) is 11.0 Å². The summed E-state index contributed by atoms with van der Waals surface area (Å²) in [5.74, 6) is -0.604. The van der Waals surface area contributed by atoms with Crippen LogP contribution >= 0.6 is 0 Å². The van der Waals surface area contributed by atoms with Gasteiger partial charge in [-0.1, -0.05) is 0 Å². The molecule has 2 aromatic rings. The quantitative estimate of drug-likeness (QED) is 0.839. The Kier molecular flexibility index (Phi) is 4.32. The average molecular weight is 349 g/mol. The van der Waals surface area contributed by atoms with E-state index >= 15 is 0 Å². The first-order chi connectivity index (χ1) is 11.8. The third-order valence-electron chi connectivity index (χ3n) is 3.84. The normalized spacial score (nSPS) is 15.5.